The van der Waals surface area contributed by atoms with Crippen LogP contribution in [0.2, 0.25) is 33.2 Å². The van der Waals surface area contributed by atoms with Crippen LogP contribution in [0, 0.1) is 0 Å². The quantitative estimate of drug-likeness (QED) is 0.441. The van der Waals surface area contributed by atoms with Gasteiger partial charge in [-0.05, 0) is 33.3 Å². The zero-order valence-electron chi connectivity index (χ0n) is 9.94. The Morgan fingerprint density at radius 3 is 2.00 bits per heavy atom. The maximum Gasteiger partial charge on any atom is 0.324 e. The maximum absolute atomic E-state index is 6.09. The summed E-state index contributed by atoms with van der Waals surface area (Å²) in [4.78, 5) is 0. The number of hydrogen-bond acceptors (Lipinski definition) is 2. The van der Waals surface area contributed by atoms with Gasteiger partial charge in [-0.2, -0.15) is 0 Å². The van der Waals surface area contributed by atoms with Gasteiger partial charge in [-0.25, -0.2) is 0 Å². The molecule has 0 amide bonds. The predicted octanol–water partition coefficient (Wildman–Crippen LogP) is 4.94. The molecular formula is C10H13Cl4NOSi. The Morgan fingerprint density at radius 1 is 1.00 bits per heavy atom. The molecule has 0 spiro atoms. The second-order valence-corrected chi connectivity index (χ2v) is 9.80. The van der Waals surface area contributed by atoms with E-state index in [4.69, 9.17) is 50.8 Å². The van der Waals surface area contributed by atoms with Crippen LogP contribution in [0.4, 0.5) is 0 Å². The molecule has 7 heteroatoms. The van der Waals surface area contributed by atoms with Crippen LogP contribution >= 0.6 is 46.4 Å². The minimum atomic E-state index is -2.06. The molecule has 0 aliphatic rings. The molecule has 1 aromatic carbocycles. The molecule has 0 aliphatic heterocycles. The molecule has 0 bridgehead atoms. The number of rotatable bonds is 3. The van der Waals surface area contributed by atoms with Gasteiger partial charge in [-0.3, -0.25) is 4.57 Å². The van der Waals surface area contributed by atoms with E-state index in [0.29, 0.717) is 15.8 Å². The molecule has 1 aromatic rings. The SMILES string of the molecule is CN(C)[Si](C)(C)Oc1c(Cl)cc(Cl)c(Cl)c1Cl. The Balaban J connectivity index is 3.20. The van der Waals surface area contributed by atoms with Crippen molar-refractivity contribution in [2.24, 2.45) is 0 Å². The fraction of sp³-hybridized carbons (Fsp3) is 0.400. The number of benzene rings is 1. The van der Waals surface area contributed by atoms with Gasteiger partial charge in [-0.15, -0.1) is 0 Å². The molecule has 0 unspecified atom stereocenters. The highest BCUT2D eigenvalue weighted by Crippen LogP contribution is 2.43. The molecule has 96 valence electrons. The fourth-order valence-corrected chi connectivity index (χ4v) is 2.99. The largest absolute Gasteiger partial charge is 0.528 e. The van der Waals surface area contributed by atoms with Gasteiger partial charge in [0.05, 0.1) is 15.1 Å². The van der Waals surface area contributed by atoms with Crippen LogP contribution in [0.15, 0.2) is 6.07 Å². The first-order valence-electron chi connectivity index (χ1n) is 4.86. The summed E-state index contributed by atoms with van der Waals surface area (Å²) < 4.78 is 7.95. The second kappa shape index (κ2) is 5.55. The van der Waals surface area contributed by atoms with Gasteiger partial charge >= 0.3 is 8.48 Å². The molecule has 0 N–H and O–H groups in total. The third kappa shape index (κ3) is 3.43. The van der Waals surface area contributed by atoms with Crippen molar-refractivity contribution in [2.75, 3.05) is 14.1 Å². The highest BCUT2D eigenvalue weighted by Gasteiger charge is 2.30. The van der Waals surface area contributed by atoms with Crippen molar-refractivity contribution in [3.8, 4) is 5.75 Å². The summed E-state index contributed by atoms with van der Waals surface area (Å²) >= 11 is 24.0. The van der Waals surface area contributed by atoms with Gasteiger partial charge in [0.25, 0.3) is 0 Å². The van der Waals surface area contributed by atoms with Crippen molar-refractivity contribution < 1.29 is 4.43 Å². The Morgan fingerprint density at radius 2 is 1.53 bits per heavy atom. The van der Waals surface area contributed by atoms with Crippen molar-refractivity contribution in [1.29, 1.82) is 0 Å². The van der Waals surface area contributed by atoms with Crippen LogP contribution in [0.3, 0.4) is 0 Å². The van der Waals surface area contributed by atoms with Crippen LogP contribution < -0.4 is 4.43 Å². The summed E-state index contributed by atoms with van der Waals surface area (Å²) in [5.41, 5.74) is 0. The minimum absolute atomic E-state index is 0.256. The lowest BCUT2D eigenvalue weighted by Gasteiger charge is -2.31. The summed E-state index contributed by atoms with van der Waals surface area (Å²) in [6.07, 6.45) is 0. The molecule has 0 atom stereocenters. The zero-order chi connectivity index (χ0) is 13.4. The van der Waals surface area contributed by atoms with Crippen molar-refractivity contribution in [2.45, 2.75) is 13.1 Å². The van der Waals surface area contributed by atoms with Crippen molar-refractivity contribution in [3.63, 3.8) is 0 Å². The average molecular weight is 333 g/mol. The van der Waals surface area contributed by atoms with Crippen LogP contribution in [0.5, 0.6) is 5.75 Å². The van der Waals surface area contributed by atoms with Crippen molar-refractivity contribution >= 4 is 54.9 Å². The summed E-state index contributed by atoms with van der Waals surface area (Å²) in [5, 5.41) is 1.20. The van der Waals surface area contributed by atoms with E-state index < -0.39 is 8.48 Å². The van der Waals surface area contributed by atoms with E-state index in [0.717, 1.165) is 0 Å². The highest BCUT2D eigenvalue weighted by molar-refractivity contribution is 6.69. The number of halogens is 4. The molecule has 0 radical (unpaired) electrons. The van der Waals surface area contributed by atoms with Crippen LogP contribution in [0.25, 0.3) is 0 Å². The normalized spacial score (nSPS) is 12.1. The third-order valence-corrected chi connectivity index (χ3v) is 6.88. The molecule has 0 aromatic heterocycles. The molecule has 0 fully saturated rings. The van der Waals surface area contributed by atoms with Crippen molar-refractivity contribution in [3.05, 3.63) is 26.2 Å². The molecular weight excluding hydrogens is 320 g/mol. The minimum Gasteiger partial charge on any atom is -0.528 e. The second-order valence-electron chi connectivity index (χ2n) is 4.24. The maximum atomic E-state index is 6.09. The summed E-state index contributed by atoms with van der Waals surface area (Å²) in [6.45, 7) is 4.06. The van der Waals surface area contributed by atoms with Gasteiger partial charge in [-0.1, -0.05) is 46.4 Å². The van der Waals surface area contributed by atoms with E-state index in [2.05, 4.69) is 0 Å². The van der Waals surface area contributed by atoms with E-state index >= 15 is 0 Å². The van der Waals surface area contributed by atoms with Crippen LogP contribution in [-0.2, 0) is 0 Å². The standard InChI is InChI=1S/C10H13Cl4NOSi/c1-15(2)17(3,4)16-10-7(12)5-6(11)8(13)9(10)14/h5H,1-4H3. The van der Waals surface area contributed by atoms with Crippen LogP contribution in [-0.4, -0.2) is 27.1 Å². The molecule has 0 aliphatic carbocycles. The number of nitrogens with zero attached hydrogens (tertiary/aromatic N) is 1. The topological polar surface area (TPSA) is 12.5 Å². The first kappa shape index (κ1) is 15.4. The third-order valence-electron chi connectivity index (χ3n) is 2.50. The molecule has 0 saturated heterocycles. The molecule has 2 nitrogen and oxygen atoms in total. The fourth-order valence-electron chi connectivity index (χ4n) is 0.984. The lowest BCUT2D eigenvalue weighted by atomic mass is 10.3. The molecule has 17 heavy (non-hydrogen) atoms. The lowest BCUT2D eigenvalue weighted by molar-refractivity contribution is 0.444. The van der Waals surface area contributed by atoms with E-state index in [9.17, 15) is 0 Å². The molecule has 0 heterocycles. The predicted molar refractivity (Wildman–Crippen MR) is 78.3 cm³/mol. The van der Waals surface area contributed by atoms with Crippen LogP contribution in [0.1, 0.15) is 0 Å². The Bertz CT molecular complexity index is 437. The Labute approximate surface area is 123 Å². The Kier molecular flexibility index (Phi) is 5.03. The molecule has 0 saturated carbocycles. The van der Waals surface area contributed by atoms with E-state index in [1.165, 1.54) is 6.07 Å². The first-order valence-corrected chi connectivity index (χ1v) is 9.23. The summed E-state index contributed by atoms with van der Waals surface area (Å²) in [7, 11) is 1.84. The zero-order valence-corrected chi connectivity index (χ0v) is 14.0. The van der Waals surface area contributed by atoms with Gasteiger partial charge in [0, 0.05) is 0 Å². The van der Waals surface area contributed by atoms with E-state index in [1.54, 1.807) is 0 Å². The van der Waals surface area contributed by atoms with E-state index in [-0.39, 0.29) is 10.0 Å². The lowest BCUT2D eigenvalue weighted by Crippen LogP contribution is -2.49. The first-order chi connectivity index (χ1) is 7.66. The van der Waals surface area contributed by atoms with Gasteiger partial charge < -0.3 is 4.43 Å². The highest BCUT2D eigenvalue weighted by atomic mass is 35.5. The van der Waals surface area contributed by atoms with Gasteiger partial charge in [0.2, 0.25) is 0 Å². The van der Waals surface area contributed by atoms with Crippen molar-refractivity contribution in [1.82, 2.24) is 4.57 Å². The summed E-state index contributed by atoms with van der Waals surface area (Å²) in [5.74, 6) is 0.396. The average Bonchev–Trinajstić information content (AvgIpc) is 2.21. The monoisotopic (exact) mass is 331 g/mol. The summed E-state index contributed by atoms with van der Waals surface area (Å²) in [6, 6.07) is 1.53. The van der Waals surface area contributed by atoms with E-state index in [1.807, 2.05) is 31.8 Å². The Hall–Kier alpha value is 0.357. The van der Waals surface area contributed by atoms with Gasteiger partial charge in [0.15, 0.2) is 0 Å². The number of hydrogen-bond donors (Lipinski definition) is 0. The molecule has 1 rings (SSSR count). The van der Waals surface area contributed by atoms with Gasteiger partial charge in [0.1, 0.15) is 10.8 Å². The smallest absolute Gasteiger partial charge is 0.324 e.